The lowest BCUT2D eigenvalue weighted by Gasteiger charge is -2.19. The van der Waals surface area contributed by atoms with Gasteiger partial charge in [-0.15, -0.1) is 11.3 Å². The number of hydrogen-bond acceptors (Lipinski definition) is 5. The minimum absolute atomic E-state index is 0.0446. The fraction of sp³-hybridized carbons (Fsp3) is 0.238. The molecule has 5 nitrogen and oxygen atoms in total. The minimum atomic E-state index is -0.0446. The number of ether oxygens (including phenoxy) is 2. The van der Waals surface area contributed by atoms with Crippen LogP contribution in [0.1, 0.15) is 17.7 Å². The van der Waals surface area contributed by atoms with E-state index in [1.807, 2.05) is 23.6 Å². The van der Waals surface area contributed by atoms with Crippen molar-refractivity contribution < 1.29 is 14.3 Å². The van der Waals surface area contributed by atoms with Crippen LogP contribution in [0, 0.1) is 6.92 Å². The molecule has 138 valence electrons. The van der Waals surface area contributed by atoms with Crippen LogP contribution in [0.25, 0.3) is 10.6 Å². The van der Waals surface area contributed by atoms with Crippen molar-refractivity contribution in [1.29, 1.82) is 0 Å². The Morgan fingerprint density at radius 3 is 2.85 bits per heavy atom. The fourth-order valence-corrected chi connectivity index (χ4v) is 3.77. The van der Waals surface area contributed by atoms with Gasteiger partial charge in [-0.3, -0.25) is 4.79 Å². The summed E-state index contributed by atoms with van der Waals surface area (Å²) in [6.07, 6.45) is 0.990. The van der Waals surface area contributed by atoms with Crippen LogP contribution in [0.5, 0.6) is 11.5 Å². The molecule has 0 saturated carbocycles. The van der Waals surface area contributed by atoms with E-state index in [2.05, 4.69) is 35.4 Å². The van der Waals surface area contributed by atoms with Gasteiger partial charge in [-0.1, -0.05) is 23.8 Å². The highest BCUT2D eigenvalue weighted by molar-refractivity contribution is 7.13. The van der Waals surface area contributed by atoms with Crippen LogP contribution < -0.4 is 14.8 Å². The summed E-state index contributed by atoms with van der Waals surface area (Å²) in [6, 6.07) is 13.7. The van der Waals surface area contributed by atoms with Crippen molar-refractivity contribution >= 4 is 22.9 Å². The van der Waals surface area contributed by atoms with Crippen molar-refractivity contribution in [3.63, 3.8) is 0 Å². The van der Waals surface area contributed by atoms with Crippen LogP contribution in [0.15, 0.2) is 47.8 Å². The number of nitrogens with zero attached hydrogens (tertiary/aromatic N) is 1. The summed E-state index contributed by atoms with van der Waals surface area (Å²) in [5.41, 5.74) is 3.98. The van der Waals surface area contributed by atoms with E-state index in [1.54, 1.807) is 17.4 Å². The predicted octanol–water partition coefficient (Wildman–Crippen LogP) is 4.46. The molecule has 0 spiro atoms. The van der Waals surface area contributed by atoms with Crippen LogP contribution in [0.4, 0.5) is 5.69 Å². The Kier molecular flexibility index (Phi) is 5.07. The smallest absolute Gasteiger partial charge is 0.224 e. The van der Waals surface area contributed by atoms with Crippen molar-refractivity contribution in [3.8, 4) is 22.1 Å². The van der Waals surface area contributed by atoms with Crippen molar-refractivity contribution in [2.24, 2.45) is 0 Å². The molecule has 1 aliphatic heterocycles. The molecule has 6 heteroatoms. The van der Waals surface area contributed by atoms with E-state index in [4.69, 9.17) is 9.47 Å². The van der Waals surface area contributed by atoms with E-state index in [0.717, 1.165) is 16.3 Å². The van der Waals surface area contributed by atoms with E-state index in [-0.39, 0.29) is 5.91 Å². The maximum atomic E-state index is 12.3. The number of carbonyl (C=O) groups is 1. The van der Waals surface area contributed by atoms with Gasteiger partial charge in [0, 0.05) is 29.1 Å². The van der Waals surface area contributed by atoms with E-state index in [9.17, 15) is 4.79 Å². The van der Waals surface area contributed by atoms with Gasteiger partial charge in [0.2, 0.25) is 5.91 Å². The van der Waals surface area contributed by atoms with Gasteiger partial charge in [0.05, 0.1) is 5.69 Å². The molecule has 0 unspecified atom stereocenters. The lowest BCUT2D eigenvalue weighted by Crippen LogP contribution is -2.16. The molecule has 0 saturated heterocycles. The van der Waals surface area contributed by atoms with E-state index >= 15 is 0 Å². The third-order valence-electron chi connectivity index (χ3n) is 4.25. The third-order valence-corrected chi connectivity index (χ3v) is 5.19. The summed E-state index contributed by atoms with van der Waals surface area (Å²) in [5.74, 6) is 1.34. The van der Waals surface area contributed by atoms with Gasteiger partial charge in [0.1, 0.15) is 18.2 Å². The second-order valence-corrected chi connectivity index (χ2v) is 7.28. The number of aromatic nitrogens is 1. The predicted molar refractivity (Wildman–Crippen MR) is 107 cm³/mol. The van der Waals surface area contributed by atoms with E-state index < -0.39 is 0 Å². The quantitative estimate of drug-likeness (QED) is 0.710. The molecule has 2 aromatic carbocycles. The number of carbonyl (C=O) groups excluding carboxylic acids is 1. The van der Waals surface area contributed by atoms with Gasteiger partial charge in [-0.05, 0) is 31.5 Å². The molecule has 1 amide bonds. The van der Waals surface area contributed by atoms with Crippen LogP contribution in [-0.2, 0) is 11.2 Å². The van der Waals surface area contributed by atoms with Gasteiger partial charge in [0.25, 0.3) is 0 Å². The lowest BCUT2D eigenvalue weighted by molar-refractivity contribution is -0.116. The zero-order valence-electron chi connectivity index (χ0n) is 15.0. The number of rotatable bonds is 5. The topological polar surface area (TPSA) is 60.5 Å². The van der Waals surface area contributed by atoms with Crippen LogP contribution >= 0.6 is 11.3 Å². The van der Waals surface area contributed by atoms with Gasteiger partial charge < -0.3 is 14.8 Å². The number of benzene rings is 2. The first-order valence-corrected chi connectivity index (χ1v) is 9.76. The number of nitrogens with one attached hydrogen (secondary N) is 1. The average molecular weight is 380 g/mol. The van der Waals surface area contributed by atoms with Crippen LogP contribution in [0.3, 0.4) is 0 Å². The summed E-state index contributed by atoms with van der Waals surface area (Å²) in [4.78, 5) is 16.9. The van der Waals surface area contributed by atoms with Crippen molar-refractivity contribution in [1.82, 2.24) is 4.98 Å². The summed E-state index contributed by atoms with van der Waals surface area (Å²) in [6.45, 7) is 3.15. The molecule has 1 aliphatic rings. The van der Waals surface area contributed by atoms with Crippen LogP contribution in [-0.4, -0.2) is 24.1 Å². The zero-order valence-corrected chi connectivity index (χ0v) is 15.8. The minimum Gasteiger partial charge on any atom is -0.486 e. The number of amides is 1. The Hall–Kier alpha value is -2.86. The molecule has 27 heavy (non-hydrogen) atoms. The Balaban J connectivity index is 1.34. The largest absolute Gasteiger partial charge is 0.486 e. The first-order valence-electron chi connectivity index (χ1n) is 8.88. The number of hydrogen-bond donors (Lipinski definition) is 1. The number of thiazole rings is 1. The molecule has 0 aliphatic carbocycles. The molecular weight excluding hydrogens is 360 g/mol. The summed E-state index contributed by atoms with van der Waals surface area (Å²) in [7, 11) is 0. The number of anilines is 1. The molecule has 4 rings (SSSR count). The summed E-state index contributed by atoms with van der Waals surface area (Å²) < 4.78 is 11.0. The molecule has 2 heterocycles. The van der Waals surface area contributed by atoms with Crippen molar-refractivity contribution in [3.05, 3.63) is 59.1 Å². The maximum absolute atomic E-state index is 12.3. The average Bonchev–Trinajstić information content (AvgIpc) is 3.15. The Labute approximate surface area is 162 Å². The van der Waals surface area contributed by atoms with Crippen molar-refractivity contribution in [2.45, 2.75) is 19.8 Å². The number of aryl methyl sites for hydroxylation is 2. The monoisotopic (exact) mass is 380 g/mol. The molecule has 1 N–H and O–H groups in total. The number of fused-ring (bicyclic) bond motifs is 1. The highest BCUT2D eigenvalue weighted by Gasteiger charge is 2.13. The molecule has 0 fully saturated rings. The van der Waals surface area contributed by atoms with Crippen LogP contribution in [0.2, 0.25) is 0 Å². The molecule has 0 radical (unpaired) electrons. The highest BCUT2D eigenvalue weighted by atomic mass is 32.1. The van der Waals surface area contributed by atoms with E-state index in [0.29, 0.717) is 43.2 Å². The molecule has 1 aromatic heterocycles. The lowest BCUT2D eigenvalue weighted by atomic mass is 10.1. The van der Waals surface area contributed by atoms with Gasteiger partial charge in [0.15, 0.2) is 11.5 Å². The molecule has 0 bridgehead atoms. The van der Waals surface area contributed by atoms with Gasteiger partial charge in [-0.2, -0.15) is 0 Å². The Bertz CT molecular complexity index is 968. The summed E-state index contributed by atoms with van der Waals surface area (Å²) in [5, 5.41) is 5.92. The van der Waals surface area contributed by atoms with E-state index in [1.165, 1.54) is 5.56 Å². The van der Waals surface area contributed by atoms with Crippen molar-refractivity contribution in [2.75, 3.05) is 18.5 Å². The SMILES string of the molecule is Cc1cccc(-c2nc(CCC(=O)Nc3ccc4c(c3)OCCO4)cs2)c1. The maximum Gasteiger partial charge on any atom is 0.224 e. The normalized spacial score (nSPS) is 12.6. The zero-order chi connectivity index (χ0) is 18.6. The second kappa shape index (κ2) is 7.80. The standard InChI is InChI=1S/C21H20N2O3S/c1-14-3-2-4-15(11-14)21-23-17(13-27-21)6-8-20(24)22-16-5-7-18-19(12-16)26-10-9-25-18/h2-5,7,11-13H,6,8-10H2,1H3,(H,22,24). The fourth-order valence-electron chi connectivity index (χ4n) is 2.92. The second-order valence-electron chi connectivity index (χ2n) is 6.42. The van der Waals surface area contributed by atoms with Gasteiger partial charge in [-0.25, -0.2) is 4.98 Å². The third kappa shape index (κ3) is 4.28. The van der Waals surface area contributed by atoms with Gasteiger partial charge >= 0.3 is 0 Å². The summed E-state index contributed by atoms with van der Waals surface area (Å²) >= 11 is 1.61. The molecular formula is C21H20N2O3S. The highest BCUT2D eigenvalue weighted by Crippen LogP contribution is 2.32. The molecule has 0 atom stereocenters. The molecule has 3 aromatic rings. The Morgan fingerprint density at radius 1 is 1.15 bits per heavy atom. The first-order chi connectivity index (χ1) is 13.2. The first kappa shape index (κ1) is 17.5. The Morgan fingerprint density at radius 2 is 2.00 bits per heavy atom.